The molecule has 0 unspecified atom stereocenters. The van der Waals surface area contributed by atoms with Gasteiger partial charge in [0.2, 0.25) is 5.89 Å². The summed E-state index contributed by atoms with van der Waals surface area (Å²) in [5, 5.41) is 11.8. The molecule has 0 aliphatic heterocycles. The molecule has 2 N–H and O–H groups in total. The fourth-order valence-corrected chi connectivity index (χ4v) is 4.01. The van der Waals surface area contributed by atoms with Gasteiger partial charge in [-0.15, -0.1) is 0 Å². The highest BCUT2D eigenvalue weighted by atomic mass is 127. The van der Waals surface area contributed by atoms with Gasteiger partial charge < -0.3 is 24.3 Å². The summed E-state index contributed by atoms with van der Waals surface area (Å²) in [7, 11) is 0. The van der Waals surface area contributed by atoms with E-state index in [9.17, 15) is 9.59 Å². The summed E-state index contributed by atoms with van der Waals surface area (Å²) in [6.45, 7) is 4.14. The van der Waals surface area contributed by atoms with Gasteiger partial charge in [0.05, 0.1) is 22.8 Å². The van der Waals surface area contributed by atoms with E-state index >= 15 is 0 Å². The van der Waals surface area contributed by atoms with Gasteiger partial charge in [0.25, 0.3) is 0 Å². The Morgan fingerprint density at radius 1 is 1.11 bits per heavy atom. The van der Waals surface area contributed by atoms with Crippen molar-refractivity contribution < 1.29 is 28.6 Å². The average molecular weight is 592 g/mol. The van der Waals surface area contributed by atoms with E-state index in [1.807, 2.05) is 48.5 Å². The molecule has 0 atom stereocenters. The van der Waals surface area contributed by atoms with Gasteiger partial charge in [-0.05, 0) is 55.7 Å². The summed E-state index contributed by atoms with van der Waals surface area (Å²) >= 11 is 2.26. The average Bonchev–Trinajstić information content (AvgIpc) is 3.25. The van der Waals surface area contributed by atoms with Crippen LogP contribution in [0.2, 0.25) is 0 Å². The maximum atomic E-state index is 11.9. The lowest BCUT2D eigenvalue weighted by molar-refractivity contribution is -0.136. The highest BCUT2D eigenvalue weighted by Crippen LogP contribution is 2.25. The molecule has 1 amide bonds. The van der Waals surface area contributed by atoms with Crippen LogP contribution in [0.3, 0.4) is 0 Å². The van der Waals surface area contributed by atoms with Crippen molar-refractivity contribution in [3.63, 3.8) is 0 Å². The molecule has 9 heteroatoms. The Morgan fingerprint density at radius 3 is 2.57 bits per heavy atom. The molecule has 1 heterocycles. The van der Waals surface area contributed by atoms with Crippen LogP contribution >= 0.6 is 22.6 Å². The van der Waals surface area contributed by atoms with Crippen LogP contribution in [0.1, 0.15) is 42.8 Å². The number of aliphatic carboxylic acids is 1. The summed E-state index contributed by atoms with van der Waals surface area (Å²) in [4.78, 5) is 27.6. The van der Waals surface area contributed by atoms with Crippen molar-refractivity contribution in [1.29, 1.82) is 0 Å². The first kappa shape index (κ1) is 26.5. The molecular formula is C26H29IN2O6. The van der Waals surface area contributed by atoms with E-state index in [0.29, 0.717) is 35.5 Å². The van der Waals surface area contributed by atoms with E-state index in [2.05, 4.69) is 32.9 Å². The molecule has 0 spiro atoms. The number of alkyl halides is 1. The van der Waals surface area contributed by atoms with Crippen molar-refractivity contribution in [1.82, 2.24) is 10.3 Å². The van der Waals surface area contributed by atoms with Crippen LogP contribution in [0.4, 0.5) is 4.79 Å². The molecule has 0 fully saturated rings. The third-order valence-electron chi connectivity index (χ3n) is 5.08. The first-order chi connectivity index (χ1) is 16.9. The lowest BCUT2D eigenvalue weighted by Gasteiger charge is -2.14. The summed E-state index contributed by atoms with van der Waals surface area (Å²) in [5.41, 5.74) is 3.40. The van der Waals surface area contributed by atoms with Crippen LogP contribution in [0.15, 0.2) is 52.9 Å². The first-order valence-electron chi connectivity index (χ1n) is 11.4. The van der Waals surface area contributed by atoms with Gasteiger partial charge in [-0.3, -0.25) is 4.79 Å². The van der Waals surface area contributed by atoms with Gasteiger partial charge in [-0.2, -0.15) is 0 Å². The molecule has 0 aliphatic carbocycles. The van der Waals surface area contributed by atoms with Crippen LogP contribution in [0.5, 0.6) is 5.75 Å². The number of ether oxygens (including phenoxy) is 2. The minimum Gasteiger partial charge on any atom is -0.493 e. The molecule has 35 heavy (non-hydrogen) atoms. The summed E-state index contributed by atoms with van der Waals surface area (Å²) in [6, 6.07) is 15.2. The zero-order valence-electron chi connectivity index (χ0n) is 19.8. The number of alkyl carbamates (subject to hydrolysis) is 1. The van der Waals surface area contributed by atoms with E-state index in [0.717, 1.165) is 28.1 Å². The largest absolute Gasteiger partial charge is 0.493 e. The van der Waals surface area contributed by atoms with E-state index in [-0.39, 0.29) is 19.1 Å². The van der Waals surface area contributed by atoms with Crippen molar-refractivity contribution in [3.8, 4) is 17.2 Å². The Balaban J connectivity index is 1.66. The Bertz CT molecular complexity index is 1130. The molecule has 0 aliphatic rings. The molecular weight excluding hydrogens is 563 g/mol. The number of amides is 1. The second kappa shape index (κ2) is 13.1. The molecule has 1 aromatic heterocycles. The number of carboxylic acids is 1. The summed E-state index contributed by atoms with van der Waals surface area (Å²) < 4.78 is 17.7. The Kier molecular flexibility index (Phi) is 9.95. The number of carboxylic acid groups (broad SMARTS) is 1. The zero-order chi connectivity index (χ0) is 25.2. The molecule has 0 bridgehead atoms. The molecule has 186 valence electrons. The number of carbonyl (C=O) groups excluding carboxylic acids is 1. The highest BCUT2D eigenvalue weighted by molar-refractivity contribution is 14.1. The van der Waals surface area contributed by atoms with Gasteiger partial charge in [0.15, 0.2) is 0 Å². The number of nitrogens with zero attached hydrogens (tertiary/aromatic N) is 1. The Hall–Kier alpha value is -3.08. The van der Waals surface area contributed by atoms with E-state index < -0.39 is 12.1 Å². The van der Waals surface area contributed by atoms with Crippen molar-refractivity contribution in [2.75, 3.05) is 6.61 Å². The molecule has 8 nitrogen and oxygen atoms in total. The lowest BCUT2D eigenvalue weighted by atomic mass is 10.0. The normalized spacial score (nSPS) is 10.9. The smallest absolute Gasteiger partial charge is 0.407 e. The predicted octanol–water partition coefficient (Wildman–Crippen LogP) is 5.55. The van der Waals surface area contributed by atoms with Crippen molar-refractivity contribution >= 4 is 34.7 Å². The zero-order valence-corrected chi connectivity index (χ0v) is 21.9. The van der Waals surface area contributed by atoms with E-state index in [1.54, 1.807) is 13.8 Å². The number of halogens is 1. The number of hydrogen-bond donors (Lipinski definition) is 2. The minimum absolute atomic E-state index is 0.00136. The standard InChI is InChI=1S/C26H29IN2O6/c1-17(2)34-26(32)28-16-20-14-21(10-8-18(20)9-11-24(30)31)33-13-12-22-23(15-27)35-25(29-22)19-6-4-3-5-7-19/h3-8,10,14,17H,9,11-13,15-16H2,1-2H3,(H,28,32)(H,30,31). The van der Waals surface area contributed by atoms with Crippen molar-refractivity contribution in [2.45, 2.75) is 50.2 Å². The number of oxazole rings is 1. The van der Waals surface area contributed by atoms with Crippen LogP contribution < -0.4 is 10.1 Å². The van der Waals surface area contributed by atoms with Crippen LogP contribution in [-0.4, -0.2) is 34.9 Å². The number of rotatable bonds is 12. The van der Waals surface area contributed by atoms with Gasteiger partial charge >= 0.3 is 12.1 Å². The Morgan fingerprint density at radius 2 is 1.89 bits per heavy atom. The third kappa shape index (κ3) is 8.27. The van der Waals surface area contributed by atoms with E-state index in [4.69, 9.17) is 19.0 Å². The van der Waals surface area contributed by atoms with Crippen LogP contribution in [0, 0.1) is 0 Å². The van der Waals surface area contributed by atoms with Crippen LogP contribution in [-0.2, 0) is 33.3 Å². The number of nitrogens with one attached hydrogen (secondary N) is 1. The number of benzene rings is 2. The number of aryl methyl sites for hydroxylation is 1. The number of hydrogen-bond acceptors (Lipinski definition) is 6. The maximum Gasteiger partial charge on any atom is 0.407 e. The fourth-order valence-electron chi connectivity index (χ4n) is 3.42. The van der Waals surface area contributed by atoms with Crippen molar-refractivity contribution in [3.05, 3.63) is 71.1 Å². The monoisotopic (exact) mass is 592 g/mol. The van der Waals surface area contributed by atoms with E-state index in [1.165, 1.54) is 0 Å². The molecule has 2 aromatic carbocycles. The van der Waals surface area contributed by atoms with Gasteiger partial charge in [-0.1, -0.05) is 46.9 Å². The molecule has 3 aromatic rings. The third-order valence-corrected chi connectivity index (χ3v) is 5.77. The van der Waals surface area contributed by atoms with Gasteiger partial charge in [0, 0.05) is 24.9 Å². The first-order valence-corrected chi connectivity index (χ1v) is 12.9. The highest BCUT2D eigenvalue weighted by Gasteiger charge is 2.15. The molecule has 0 saturated heterocycles. The summed E-state index contributed by atoms with van der Waals surface area (Å²) in [6.07, 6.45) is 0.165. The number of carbonyl (C=O) groups is 2. The molecule has 3 rings (SSSR count). The molecule has 0 saturated carbocycles. The SMILES string of the molecule is CC(C)OC(=O)NCc1cc(OCCc2nc(-c3ccccc3)oc2CI)ccc1CCC(=O)O. The second-order valence-electron chi connectivity index (χ2n) is 8.12. The maximum absolute atomic E-state index is 11.9. The topological polar surface area (TPSA) is 111 Å². The lowest BCUT2D eigenvalue weighted by Crippen LogP contribution is -2.26. The van der Waals surface area contributed by atoms with Crippen molar-refractivity contribution in [2.24, 2.45) is 0 Å². The fraction of sp³-hybridized carbons (Fsp3) is 0.346. The summed E-state index contributed by atoms with van der Waals surface area (Å²) in [5.74, 6) is 1.17. The minimum atomic E-state index is -0.878. The van der Waals surface area contributed by atoms with Gasteiger partial charge in [0.1, 0.15) is 11.5 Å². The quantitative estimate of drug-likeness (QED) is 0.210. The Labute approximate surface area is 218 Å². The van der Waals surface area contributed by atoms with Crippen LogP contribution in [0.25, 0.3) is 11.5 Å². The molecule has 0 radical (unpaired) electrons. The number of aromatic nitrogens is 1. The van der Waals surface area contributed by atoms with Gasteiger partial charge in [-0.25, -0.2) is 9.78 Å². The second-order valence-corrected chi connectivity index (χ2v) is 8.88. The predicted molar refractivity (Wildman–Crippen MR) is 140 cm³/mol.